The fraction of sp³-hybridized carbons (Fsp3) is 0.600. The third kappa shape index (κ3) is 2.85. The maximum absolute atomic E-state index is 3.68. The molecule has 1 atom stereocenters. The van der Waals surface area contributed by atoms with Crippen LogP contribution in [0, 0.1) is 12.8 Å². The van der Waals surface area contributed by atoms with Crippen molar-refractivity contribution in [3.05, 3.63) is 35.4 Å². The molecule has 16 heavy (non-hydrogen) atoms. The van der Waals surface area contributed by atoms with Crippen LogP contribution < -0.4 is 5.32 Å². The number of aryl methyl sites for hydroxylation is 1. The second-order valence-corrected chi connectivity index (χ2v) is 5.14. The van der Waals surface area contributed by atoms with Crippen molar-refractivity contribution >= 4 is 0 Å². The molecule has 1 aromatic carbocycles. The molecule has 88 valence electrons. The Kier molecular flexibility index (Phi) is 4.00. The van der Waals surface area contributed by atoms with Gasteiger partial charge in [-0.3, -0.25) is 0 Å². The summed E-state index contributed by atoms with van der Waals surface area (Å²) in [7, 11) is 0. The second kappa shape index (κ2) is 5.49. The molecule has 1 fully saturated rings. The van der Waals surface area contributed by atoms with E-state index >= 15 is 0 Å². The number of nitrogens with one attached hydrogen (secondary N) is 1. The van der Waals surface area contributed by atoms with Crippen LogP contribution in [0.5, 0.6) is 0 Å². The van der Waals surface area contributed by atoms with Gasteiger partial charge in [0.1, 0.15) is 0 Å². The first-order valence-electron chi connectivity index (χ1n) is 6.55. The van der Waals surface area contributed by atoms with Crippen molar-refractivity contribution in [2.24, 2.45) is 5.92 Å². The monoisotopic (exact) mass is 217 g/mol. The molecule has 2 rings (SSSR count). The SMILES string of the molecule is Cc1ccccc1CNC(C)C1CCCC1. The smallest absolute Gasteiger partial charge is 0.0210 e. The highest BCUT2D eigenvalue weighted by Crippen LogP contribution is 2.27. The van der Waals surface area contributed by atoms with Crippen molar-refractivity contribution in [3.63, 3.8) is 0 Å². The van der Waals surface area contributed by atoms with Crippen LogP contribution in [0.25, 0.3) is 0 Å². The quantitative estimate of drug-likeness (QED) is 0.811. The zero-order valence-electron chi connectivity index (χ0n) is 10.5. The van der Waals surface area contributed by atoms with E-state index < -0.39 is 0 Å². The third-order valence-electron chi connectivity index (χ3n) is 3.98. The summed E-state index contributed by atoms with van der Waals surface area (Å²) in [5, 5.41) is 3.68. The second-order valence-electron chi connectivity index (χ2n) is 5.14. The average Bonchev–Trinajstić information content (AvgIpc) is 2.81. The van der Waals surface area contributed by atoms with Gasteiger partial charge in [0.05, 0.1) is 0 Å². The lowest BCUT2D eigenvalue weighted by atomic mass is 9.99. The van der Waals surface area contributed by atoms with E-state index in [1.807, 2.05) is 0 Å². The van der Waals surface area contributed by atoms with Crippen molar-refractivity contribution in [2.45, 2.75) is 52.1 Å². The molecule has 0 bridgehead atoms. The van der Waals surface area contributed by atoms with Crippen LogP contribution in [0.1, 0.15) is 43.7 Å². The fourth-order valence-electron chi connectivity index (χ4n) is 2.70. The van der Waals surface area contributed by atoms with Gasteiger partial charge in [0.2, 0.25) is 0 Å². The third-order valence-corrected chi connectivity index (χ3v) is 3.98. The van der Waals surface area contributed by atoms with Crippen molar-refractivity contribution in [3.8, 4) is 0 Å². The summed E-state index contributed by atoms with van der Waals surface area (Å²) in [4.78, 5) is 0. The largest absolute Gasteiger partial charge is 0.310 e. The molecule has 0 radical (unpaired) electrons. The first-order valence-corrected chi connectivity index (χ1v) is 6.55. The lowest BCUT2D eigenvalue weighted by molar-refractivity contribution is 0.380. The molecule has 1 aliphatic carbocycles. The van der Waals surface area contributed by atoms with E-state index in [-0.39, 0.29) is 0 Å². The van der Waals surface area contributed by atoms with Crippen LogP contribution in [0.3, 0.4) is 0 Å². The highest BCUT2D eigenvalue weighted by molar-refractivity contribution is 5.25. The summed E-state index contributed by atoms with van der Waals surface area (Å²) in [6.45, 7) is 5.55. The highest BCUT2D eigenvalue weighted by atomic mass is 14.9. The Balaban J connectivity index is 1.84. The molecule has 0 amide bonds. The maximum atomic E-state index is 3.68. The van der Waals surface area contributed by atoms with Crippen LogP contribution in [0.2, 0.25) is 0 Å². The fourth-order valence-corrected chi connectivity index (χ4v) is 2.70. The predicted octanol–water partition coefficient (Wildman–Crippen LogP) is 3.66. The van der Waals surface area contributed by atoms with Gasteiger partial charge in [-0.15, -0.1) is 0 Å². The van der Waals surface area contributed by atoms with Gasteiger partial charge in [0.25, 0.3) is 0 Å². The van der Waals surface area contributed by atoms with Crippen LogP contribution in [-0.4, -0.2) is 6.04 Å². The average molecular weight is 217 g/mol. The Bertz CT molecular complexity index is 326. The zero-order chi connectivity index (χ0) is 11.4. The summed E-state index contributed by atoms with van der Waals surface area (Å²) in [6.07, 6.45) is 5.70. The highest BCUT2D eigenvalue weighted by Gasteiger charge is 2.20. The summed E-state index contributed by atoms with van der Waals surface area (Å²) < 4.78 is 0. The van der Waals surface area contributed by atoms with E-state index in [9.17, 15) is 0 Å². The van der Waals surface area contributed by atoms with Gasteiger partial charge in [-0.1, -0.05) is 37.1 Å². The van der Waals surface area contributed by atoms with Gasteiger partial charge in [0.15, 0.2) is 0 Å². The normalized spacial score (nSPS) is 18.9. The Morgan fingerprint density at radius 1 is 1.25 bits per heavy atom. The molecule has 1 N–H and O–H groups in total. The molecule has 0 aliphatic heterocycles. The minimum Gasteiger partial charge on any atom is -0.310 e. The molecule has 0 spiro atoms. The summed E-state index contributed by atoms with van der Waals surface area (Å²) in [5.41, 5.74) is 2.83. The molecule has 0 heterocycles. The van der Waals surface area contributed by atoms with Gasteiger partial charge in [0, 0.05) is 12.6 Å². The number of hydrogen-bond donors (Lipinski definition) is 1. The molecule has 1 nitrogen and oxygen atoms in total. The minimum atomic E-state index is 0.669. The van der Waals surface area contributed by atoms with Gasteiger partial charge >= 0.3 is 0 Å². The molecule has 0 saturated heterocycles. The van der Waals surface area contributed by atoms with E-state index in [1.54, 1.807) is 0 Å². The molecule has 1 aromatic rings. The molecular weight excluding hydrogens is 194 g/mol. The molecule has 1 heteroatoms. The van der Waals surface area contributed by atoms with Gasteiger partial charge in [-0.25, -0.2) is 0 Å². The lowest BCUT2D eigenvalue weighted by Gasteiger charge is -2.20. The van der Waals surface area contributed by atoms with E-state index in [2.05, 4.69) is 43.4 Å². The van der Waals surface area contributed by atoms with Crippen molar-refractivity contribution < 1.29 is 0 Å². The molecule has 1 aliphatic rings. The van der Waals surface area contributed by atoms with Crippen LogP contribution in [-0.2, 0) is 6.54 Å². The van der Waals surface area contributed by atoms with Crippen LogP contribution >= 0.6 is 0 Å². The summed E-state index contributed by atoms with van der Waals surface area (Å²) in [5.74, 6) is 0.906. The lowest BCUT2D eigenvalue weighted by Crippen LogP contribution is -2.31. The topological polar surface area (TPSA) is 12.0 Å². The maximum Gasteiger partial charge on any atom is 0.0210 e. The minimum absolute atomic E-state index is 0.669. The number of rotatable bonds is 4. The van der Waals surface area contributed by atoms with Gasteiger partial charge < -0.3 is 5.32 Å². The Morgan fingerprint density at radius 2 is 1.94 bits per heavy atom. The Labute approximate surface area is 99.3 Å². The Morgan fingerprint density at radius 3 is 2.62 bits per heavy atom. The Hall–Kier alpha value is -0.820. The van der Waals surface area contributed by atoms with E-state index in [0.29, 0.717) is 6.04 Å². The van der Waals surface area contributed by atoms with Crippen molar-refractivity contribution in [2.75, 3.05) is 0 Å². The van der Waals surface area contributed by atoms with E-state index in [1.165, 1.54) is 36.8 Å². The first kappa shape index (κ1) is 11.7. The van der Waals surface area contributed by atoms with Gasteiger partial charge in [-0.2, -0.15) is 0 Å². The van der Waals surface area contributed by atoms with Gasteiger partial charge in [-0.05, 0) is 43.7 Å². The standard InChI is InChI=1S/C15H23N/c1-12-7-3-4-10-15(12)11-16-13(2)14-8-5-6-9-14/h3-4,7,10,13-14,16H,5-6,8-9,11H2,1-2H3. The molecule has 0 aromatic heterocycles. The molecular formula is C15H23N. The first-order chi connectivity index (χ1) is 7.77. The summed E-state index contributed by atoms with van der Waals surface area (Å²) in [6, 6.07) is 9.33. The van der Waals surface area contributed by atoms with Crippen molar-refractivity contribution in [1.82, 2.24) is 5.32 Å². The van der Waals surface area contributed by atoms with E-state index in [0.717, 1.165) is 12.5 Å². The van der Waals surface area contributed by atoms with E-state index in [4.69, 9.17) is 0 Å². The van der Waals surface area contributed by atoms with Crippen LogP contribution in [0.4, 0.5) is 0 Å². The van der Waals surface area contributed by atoms with Crippen molar-refractivity contribution in [1.29, 1.82) is 0 Å². The number of hydrogen-bond acceptors (Lipinski definition) is 1. The summed E-state index contributed by atoms with van der Waals surface area (Å²) >= 11 is 0. The zero-order valence-corrected chi connectivity index (χ0v) is 10.5. The number of benzene rings is 1. The molecule has 1 saturated carbocycles. The molecule has 1 unspecified atom stereocenters. The van der Waals surface area contributed by atoms with Crippen LogP contribution in [0.15, 0.2) is 24.3 Å². The predicted molar refractivity (Wildman–Crippen MR) is 69.4 cm³/mol.